The summed E-state index contributed by atoms with van der Waals surface area (Å²) in [7, 11) is 0. The van der Waals surface area contributed by atoms with E-state index in [0.29, 0.717) is 26.2 Å². The first-order valence-electron chi connectivity index (χ1n) is 9.42. The van der Waals surface area contributed by atoms with Crippen LogP contribution in [0.3, 0.4) is 0 Å². The molecule has 1 aromatic carbocycles. The average Bonchev–Trinajstić information content (AvgIpc) is 3.39. The number of para-hydroxylation sites is 2. The lowest BCUT2D eigenvalue weighted by atomic mass is 10.3. The first-order valence-corrected chi connectivity index (χ1v) is 10.3. The second-order valence-electron chi connectivity index (χ2n) is 6.82. The van der Waals surface area contributed by atoms with Crippen molar-refractivity contribution in [3.05, 3.63) is 53.0 Å². The number of aromatic nitrogens is 2. The maximum Gasteiger partial charge on any atom is 0.261 e. The summed E-state index contributed by atoms with van der Waals surface area (Å²) in [4.78, 5) is 33.9. The summed E-state index contributed by atoms with van der Waals surface area (Å²) in [6, 6.07) is 11.5. The van der Waals surface area contributed by atoms with Crippen molar-refractivity contribution >= 4 is 34.2 Å². The maximum absolute atomic E-state index is 12.7. The second kappa shape index (κ2) is 8.53. The van der Waals surface area contributed by atoms with Crippen molar-refractivity contribution < 1.29 is 9.59 Å². The Kier molecular flexibility index (Phi) is 5.68. The van der Waals surface area contributed by atoms with Crippen molar-refractivity contribution in [3.8, 4) is 0 Å². The minimum absolute atomic E-state index is 0.0172. The molecule has 7 nitrogen and oxygen atoms in total. The van der Waals surface area contributed by atoms with Gasteiger partial charge in [0.1, 0.15) is 6.54 Å². The zero-order chi connectivity index (χ0) is 19.3. The molecule has 1 saturated heterocycles. The fourth-order valence-electron chi connectivity index (χ4n) is 3.43. The number of amides is 2. The summed E-state index contributed by atoms with van der Waals surface area (Å²) in [5.74, 6) is 0.102. The van der Waals surface area contributed by atoms with Crippen LogP contribution in [0.4, 0.5) is 0 Å². The van der Waals surface area contributed by atoms with E-state index in [9.17, 15) is 9.59 Å². The Morgan fingerprint density at radius 3 is 2.68 bits per heavy atom. The molecule has 3 aromatic rings. The molecule has 4 rings (SSSR count). The Bertz CT molecular complexity index is 945. The standard InChI is InChI=1S/C20H23N5O2S/c26-19(14-25-15-22-16-4-1-2-5-17(16)25)24-11-9-23(10-12-24)8-7-21-20(27)18-6-3-13-28-18/h1-6,13,15H,7-12,14H2,(H,21,27). The van der Waals surface area contributed by atoms with E-state index in [1.165, 1.54) is 11.3 Å². The smallest absolute Gasteiger partial charge is 0.261 e. The quantitative estimate of drug-likeness (QED) is 0.687. The number of hydrogen-bond donors (Lipinski definition) is 1. The predicted molar refractivity (Wildman–Crippen MR) is 109 cm³/mol. The van der Waals surface area contributed by atoms with Crippen LogP contribution in [0, 0.1) is 0 Å². The van der Waals surface area contributed by atoms with Crippen LogP contribution in [0.15, 0.2) is 48.1 Å². The second-order valence-corrected chi connectivity index (χ2v) is 7.76. The first kappa shape index (κ1) is 18.6. The fraction of sp³-hybridized carbons (Fsp3) is 0.350. The molecule has 1 fully saturated rings. The molecule has 1 aliphatic heterocycles. The van der Waals surface area contributed by atoms with Crippen molar-refractivity contribution in [3.63, 3.8) is 0 Å². The van der Waals surface area contributed by atoms with E-state index in [4.69, 9.17) is 0 Å². The maximum atomic E-state index is 12.7. The van der Waals surface area contributed by atoms with Crippen LogP contribution in [0.25, 0.3) is 11.0 Å². The third-order valence-electron chi connectivity index (χ3n) is 5.02. The van der Waals surface area contributed by atoms with E-state index in [2.05, 4.69) is 15.2 Å². The summed E-state index contributed by atoms with van der Waals surface area (Å²) in [6.07, 6.45) is 1.73. The van der Waals surface area contributed by atoms with Crippen LogP contribution in [-0.2, 0) is 11.3 Å². The molecule has 1 aliphatic rings. The normalized spacial score (nSPS) is 15.1. The number of hydrogen-bond acceptors (Lipinski definition) is 5. The minimum Gasteiger partial charge on any atom is -0.350 e. The molecule has 0 spiro atoms. The molecule has 2 amide bonds. The van der Waals surface area contributed by atoms with Gasteiger partial charge in [-0.1, -0.05) is 18.2 Å². The van der Waals surface area contributed by atoms with Crippen LogP contribution in [-0.4, -0.2) is 70.4 Å². The molecule has 8 heteroatoms. The molecule has 28 heavy (non-hydrogen) atoms. The zero-order valence-electron chi connectivity index (χ0n) is 15.6. The average molecular weight is 398 g/mol. The highest BCUT2D eigenvalue weighted by Gasteiger charge is 2.21. The summed E-state index contributed by atoms with van der Waals surface area (Å²) >= 11 is 1.45. The Morgan fingerprint density at radius 1 is 1.07 bits per heavy atom. The lowest BCUT2D eigenvalue weighted by Crippen LogP contribution is -2.50. The lowest BCUT2D eigenvalue weighted by Gasteiger charge is -2.34. The Hall–Kier alpha value is -2.71. The van der Waals surface area contributed by atoms with Gasteiger partial charge in [0.05, 0.1) is 22.2 Å². The van der Waals surface area contributed by atoms with Gasteiger partial charge in [0.15, 0.2) is 0 Å². The molecule has 2 aromatic heterocycles. The van der Waals surface area contributed by atoms with E-state index in [1.54, 1.807) is 6.33 Å². The number of piperazine rings is 1. The van der Waals surface area contributed by atoms with Gasteiger partial charge in [-0.25, -0.2) is 4.98 Å². The largest absolute Gasteiger partial charge is 0.350 e. The topological polar surface area (TPSA) is 70.5 Å². The molecular formula is C20H23N5O2S. The van der Waals surface area contributed by atoms with Crippen LogP contribution in [0.2, 0.25) is 0 Å². The van der Waals surface area contributed by atoms with Crippen molar-refractivity contribution in [2.24, 2.45) is 0 Å². The highest BCUT2D eigenvalue weighted by Crippen LogP contribution is 2.13. The Morgan fingerprint density at radius 2 is 1.89 bits per heavy atom. The highest BCUT2D eigenvalue weighted by molar-refractivity contribution is 7.12. The first-order chi connectivity index (χ1) is 13.7. The number of fused-ring (bicyclic) bond motifs is 1. The van der Waals surface area contributed by atoms with Gasteiger partial charge in [-0.2, -0.15) is 0 Å². The molecule has 0 bridgehead atoms. The fourth-order valence-corrected chi connectivity index (χ4v) is 4.07. The summed E-state index contributed by atoms with van der Waals surface area (Å²) in [6.45, 7) is 4.81. The SMILES string of the molecule is O=C(NCCN1CCN(C(=O)Cn2cnc3ccccc32)CC1)c1cccs1. The van der Waals surface area contributed by atoms with Crippen LogP contribution in [0.1, 0.15) is 9.67 Å². The molecule has 0 saturated carbocycles. The molecule has 3 heterocycles. The van der Waals surface area contributed by atoms with Gasteiger partial charge in [-0.15, -0.1) is 11.3 Å². The third-order valence-corrected chi connectivity index (χ3v) is 5.89. The molecule has 1 N–H and O–H groups in total. The monoisotopic (exact) mass is 397 g/mol. The third kappa shape index (κ3) is 4.23. The predicted octanol–water partition coefficient (Wildman–Crippen LogP) is 1.67. The molecular weight excluding hydrogens is 374 g/mol. The van der Waals surface area contributed by atoms with Gasteiger partial charge in [0.25, 0.3) is 5.91 Å². The van der Waals surface area contributed by atoms with Gasteiger partial charge in [0, 0.05) is 39.3 Å². The molecule has 0 aliphatic carbocycles. The number of imidazole rings is 1. The van der Waals surface area contributed by atoms with E-state index in [1.807, 2.05) is 51.2 Å². The number of carbonyl (C=O) groups is 2. The molecule has 0 atom stereocenters. The van der Waals surface area contributed by atoms with Gasteiger partial charge < -0.3 is 14.8 Å². The number of rotatable bonds is 6. The number of thiophene rings is 1. The van der Waals surface area contributed by atoms with E-state index in [-0.39, 0.29) is 11.8 Å². The van der Waals surface area contributed by atoms with Crippen molar-refractivity contribution in [1.82, 2.24) is 24.7 Å². The van der Waals surface area contributed by atoms with Crippen molar-refractivity contribution in [2.75, 3.05) is 39.3 Å². The van der Waals surface area contributed by atoms with E-state index < -0.39 is 0 Å². The number of benzene rings is 1. The number of nitrogens with one attached hydrogen (secondary N) is 1. The minimum atomic E-state index is -0.0172. The molecule has 0 radical (unpaired) electrons. The van der Waals surface area contributed by atoms with Gasteiger partial charge >= 0.3 is 0 Å². The molecule has 0 unspecified atom stereocenters. The van der Waals surface area contributed by atoms with Crippen LogP contribution >= 0.6 is 11.3 Å². The van der Waals surface area contributed by atoms with E-state index in [0.717, 1.165) is 35.5 Å². The number of carbonyl (C=O) groups excluding carboxylic acids is 2. The van der Waals surface area contributed by atoms with Crippen molar-refractivity contribution in [2.45, 2.75) is 6.54 Å². The van der Waals surface area contributed by atoms with Crippen LogP contribution < -0.4 is 5.32 Å². The zero-order valence-corrected chi connectivity index (χ0v) is 16.4. The van der Waals surface area contributed by atoms with Crippen LogP contribution in [0.5, 0.6) is 0 Å². The van der Waals surface area contributed by atoms with E-state index >= 15 is 0 Å². The number of nitrogens with zero attached hydrogens (tertiary/aromatic N) is 4. The van der Waals surface area contributed by atoms with Gasteiger partial charge in [-0.05, 0) is 23.6 Å². The van der Waals surface area contributed by atoms with Gasteiger partial charge in [0.2, 0.25) is 5.91 Å². The Labute approximate surface area is 167 Å². The summed E-state index contributed by atoms with van der Waals surface area (Å²) < 4.78 is 1.91. The summed E-state index contributed by atoms with van der Waals surface area (Å²) in [5.41, 5.74) is 1.89. The Balaban J connectivity index is 1.21. The molecule has 146 valence electrons. The lowest BCUT2D eigenvalue weighted by molar-refractivity contribution is -0.133. The van der Waals surface area contributed by atoms with Gasteiger partial charge in [-0.3, -0.25) is 14.5 Å². The van der Waals surface area contributed by atoms with Crippen molar-refractivity contribution in [1.29, 1.82) is 0 Å². The highest BCUT2D eigenvalue weighted by atomic mass is 32.1. The summed E-state index contributed by atoms with van der Waals surface area (Å²) in [5, 5.41) is 4.85.